The fourth-order valence-electron chi connectivity index (χ4n) is 2.00. The minimum absolute atomic E-state index is 0.128. The number of carbonyl (C=O) groups excluding carboxylic acids is 3. The SMILES string of the molecule is CCNC(=O)CCNC(=O)N1CCNC(=O)C1CC(=O)O. The van der Waals surface area contributed by atoms with E-state index in [-0.39, 0.29) is 32.0 Å². The third-order valence-electron chi connectivity index (χ3n) is 2.96. The van der Waals surface area contributed by atoms with Crippen molar-refractivity contribution in [1.82, 2.24) is 20.9 Å². The summed E-state index contributed by atoms with van der Waals surface area (Å²) in [5, 5.41) is 16.4. The van der Waals surface area contributed by atoms with Gasteiger partial charge in [-0.05, 0) is 6.92 Å². The molecule has 0 radical (unpaired) electrons. The number of hydrogen-bond donors (Lipinski definition) is 4. The van der Waals surface area contributed by atoms with E-state index in [2.05, 4.69) is 16.0 Å². The number of hydrogen-bond acceptors (Lipinski definition) is 4. The number of urea groups is 1. The number of carboxylic acid groups (broad SMARTS) is 1. The van der Waals surface area contributed by atoms with Crippen LogP contribution in [-0.2, 0) is 14.4 Å². The molecule has 0 aliphatic carbocycles. The largest absolute Gasteiger partial charge is 0.481 e. The van der Waals surface area contributed by atoms with E-state index >= 15 is 0 Å². The maximum Gasteiger partial charge on any atom is 0.318 e. The molecular formula is C12H20N4O5. The number of carboxylic acids is 1. The molecule has 1 atom stereocenters. The lowest BCUT2D eigenvalue weighted by Gasteiger charge is -2.34. The molecular weight excluding hydrogens is 280 g/mol. The molecule has 1 saturated heterocycles. The number of piperazine rings is 1. The zero-order valence-corrected chi connectivity index (χ0v) is 11.8. The van der Waals surface area contributed by atoms with Gasteiger partial charge in [-0.3, -0.25) is 14.4 Å². The lowest BCUT2D eigenvalue weighted by molar-refractivity contribution is -0.142. The highest BCUT2D eigenvalue weighted by molar-refractivity contribution is 5.91. The number of nitrogens with one attached hydrogen (secondary N) is 3. The van der Waals surface area contributed by atoms with Crippen molar-refractivity contribution in [2.24, 2.45) is 0 Å². The standard InChI is InChI=1S/C12H20N4O5/c1-2-13-9(17)3-4-15-12(21)16-6-5-14-11(20)8(16)7-10(18)19/h8H,2-7H2,1H3,(H,13,17)(H,14,20)(H,15,21)(H,18,19). The van der Waals surface area contributed by atoms with Crippen LogP contribution >= 0.6 is 0 Å². The highest BCUT2D eigenvalue weighted by Gasteiger charge is 2.34. The van der Waals surface area contributed by atoms with Gasteiger partial charge in [-0.2, -0.15) is 0 Å². The Morgan fingerprint density at radius 3 is 2.71 bits per heavy atom. The molecule has 1 aliphatic heterocycles. The summed E-state index contributed by atoms with van der Waals surface area (Å²) in [6.45, 7) is 2.94. The summed E-state index contributed by atoms with van der Waals surface area (Å²) >= 11 is 0. The fraction of sp³-hybridized carbons (Fsp3) is 0.667. The van der Waals surface area contributed by atoms with E-state index in [4.69, 9.17) is 5.11 Å². The van der Waals surface area contributed by atoms with Crippen LogP contribution in [-0.4, -0.2) is 66.0 Å². The van der Waals surface area contributed by atoms with E-state index in [9.17, 15) is 19.2 Å². The molecule has 0 spiro atoms. The zero-order valence-electron chi connectivity index (χ0n) is 11.8. The second-order valence-corrected chi connectivity index (χ2v) is 4.53. The Balaban J connectivity index is 2.51. The Morgan fingerprint density at radius 1 is 1.38 bits per heavy atom. The minimum atomic E-state index is -1.16. The van der Waals surface area contributed by atoms with Crippen LogP contribution < -0.4 is 16.0 Å². The number of amides is 4. The van der Waals surface area contributed by atoms with Crippen molar-refractivity contribution in [3.8, 4) is 0 Å². The van der Waals surface area contributed by atoms with E-state index in [1.807, 2.05) is 0 Å². The van der Waals surface area contributed by atoms with Crippen LogP contribution in [0.2, 0.25) is 0 Å². The Labute approximate surface area is 122 Å². The van der Waals surface area contributed by atoms with Gasteiger partial charge >= 0.3 is 12.0 Å². The molecule has 21 heavy (non-hydrogen) atoms. The van der Waals surface area contributed by atoms with Gasteiger partial charge in [0.1, 0.15) is 6.04 Å². The molecule has 4 amide bonds. The molecule has 118 valence electrons. The molecule has 9 nitrogen and oxygen atoms in total. The average Bonchev–Trinajstić information content (AvgIpc) is 2.40. The minimum Gasteiger partial charge on any atom is -0.481 e. The summed E-state index contributed by atoms with van der Waals surface area (Å²) in [4.78, 5) is 46.8. The Morgan fingerprint density at radius 2 is 2.10 bits per heavy atom. The Bertz CT molecular complexity index is 426. The van der Waals surface area contributed by atoms with Gasteiger partial charge in [0.25, 0.3) is 0 Å². The summed E-state index contributed by atoms with van der Waals surface area (Å²) in [6, 6.07) is -1.57. The highest BCUT2D eigenvalue weighted by Crippen LogP contribution is 2.09. The first-order chi connectivity index (χ1) is 9.95. The van der Waals surface area contributed by atoms with Crippen LogP contribution in [0.15, 0.2) is 0 Å². The van der Waals surface area contributed by atoms with Crippen LogP contribution in [0, 0.1) is 0 Å². The van der Waals surface area contributed by atoms with Crippen molar-refractivity contribution in [2.45, 2.75) is 25.8 Å². The Hall–Kier alpha value is -2.32. The second-order valence-electron chi connectivity index (χ2n) is 4.53. The molecule has 1 rings (SSSR count). The van der Waals surface area contributed by atoms with Crippen LogP contribution in [0.25, 0.3) is 0 Å². The quantitative estimate of drug-likeness (QED) is 0.474. The fourth-order valence-corrected chi connectivity index (χ4v) is 2.00. The van der Waals surface area contributed by atoms with Gasteiger partial charge in [0.2, 0.25) is 11.8 Å². The molecule has 0 aromatic carbocycles. The summed E-state index contributed by atoms with van der Waals surface area (Å²) in [5.41, 5.74) is 0. The zero-order chi connectivity index (χ0) is 15.8. The lowest BCUT2D eigenvalue weighted by atomic mass is 10.1. The summed E-state index contributed by atoms with van der Waals surface area (Å²) in [7, 11) is 0. The number of carbonyl (C=O) groups is 4. The molecule has 1 fully saturated rings. The molecule has 1 unspecified atom stereocenters. The number of nitrogens with zero attached hydrogens (tertiary/aromatic N) is 1. The molecule has 1 aliphatic rings. The van der Waals surface area contributed by atoms with Crippen molar-refractivity contribution in [3.63, 3.8) is 0 Å². The molecule has 9 heteroatoms. The molecule has 0 saturated carbocycles. The monoisotopic (exact) mass is 300 g/mol. The number of aliphatic carboxylic acids is 1. The third-order valence-corrected chi connectivity index (χ3v) is 2.96. The van der Waals surface area contributed by atoms with Crippen LogP contribution in [0.1, 0.15) is 19.8 Å². The summed E-state index contributed by atoms with van der Waals surface area (Å²) in [6.07, 6.45) is -0.321. The lowest BCUT2D eigenvalue weighted by Crippen LogP contribution is -2.60. The third kappa shape index (κ3) is 5.28. The van der Waals surface area contributed by atoms with E-state index < -0.39 is 30.4 Å². The van der Waals surface area contributed by atoms with Gasteiger partial charge in [-0.25, -0.2) is 4.79 Å². The second kappa shape index (κ2) is 8.08. The molecule has 0 aromatic rings. The molecule has 1 heterocycles. The van der Waals surface area contributed by atoms with Gasteiger partial charge in [-0.1, -0.05) is 0 Å². The van der Waals surface area contributed by atoms with Gasteiger partial charge in [-0.15, -0.1) is 0 Å². The van der Waals surface area contributed by atoms with E-state index in [1.165, 1.54) is 4.90 Å². The van der Waals surface area contributed by atoms with Crippen LogP contribution in [0.5, 0.6) is 0 Å². The predicted molar refractivity (Wildman–Crippen MR) is 72.5 cm³/mol. The predicted octanol–water partition coefficient (Wildman–Crippen LogP) is -1.50. The first-order valence-electron chi connectivity index (χ1n) is 6.76. The van der Waals surface area contributed by atoms with Crippen molar-refractivity contribution in [1.29, 1.82) is 0 Å². The van der Waals surface area contributed by atoms with Gasteiger partial charge < -0.3 is 26.0 Å². The van der Waals surface area contributed by atoms with E-state index in [1.54, 1.807) is 6.92 Å². The molecule has 0 aromatic heterocycles. The van der Waals surface area contributed by atoms with Crippen molar-refractivity contribution in [3.05, 3.63) is 0 Å². The number of rotatable bonds is 6. The topological polar surface area (TPSA) is 128 Å². The van der Waals surface area contributed by atoms with Crippen LogP contribution in [0.4, 0.5) is 4.79 Å². The molecule has 0 bridgehead atoms. The van der Waals surface area contributed by atoms with Crippen LogP contribution in [0.3, 0.4) is 0 Å². The maximum absolute atomic E-state index is 12.0. The average molecular weight is 300 g/mol. The molecule has 4 N–H and O–H groups in total. The van der Waals surface area contributed by atoms with Crippen molar-refractivity contribution in [2.75, 3.05) is 26.2 Å². The van der Waals surface area contributed by atoms with Crippen molar-refractivity contribution >= 4 is 23.8 Å². The first-order valence-corrected chi connectivity index (χ1v) is 6.76. The smallest absolute Gasteiger partial charge is 0.318 e. The normalized spacial score (nSPS) is 17.9. The van der Waals surface area contributed by atoms with E-state index in [0.717, 1.165) is 0 Å². The van der Waals surface area contributed by atoms with Gasteiger partial charge in [0.05, 0.1) is 6.42 Å². The summed E-state index contributed by atoms with van der Waals surface area (Å²) in [5.74, 6) is -1.82. The van der Waals surface area contributed by atoms with Crippen molar-refractivity contribution < 1.29 is 24.3 Å². The van der Waals surface area contributed by atoms with Gasteiger partial charge in [0.15, 0.2) is 0 Å². The summed E-state index contributed by atoms with van der Waals surface area (Å²) < 4.78 is 0. The van der Waals surface area contributed by atoms with Gasteiger partial charge in [0, 0.05) is 32.6 Å². The van der Waals surface area contributed by atoms with E-state index in [0.29, 0.717) is 6.54 Å². The first kappa shape index (κ1) is 16.7. The highest BCUT2D eigenvalue weighted by atomic mass is 16.4. The Kier molecular flexibility index (Phi) is 6.44. The maximum atomic E-state index is 12.0.